The van der Waals surface area contributed by atoms with E-state index in [1.165, 1.54) is 11.4 Å². The van der Waals surface area contributed by atoms with Crippen molar-refractivity contribution in [3.63, 3.8) is 0 Å². The summed E-state index contributed by atoms with van der Waals surface area (Å²) in [6.07, 6.45) is -4.91. The second-order valence-electron chi connectivity index (χ2n) is 3.34. The Balaban J connectivity index is 3.54. The van der Waals surface area contributed by atoms with Gasteiger partial charge in [-0.15, -0.1) is 11.3 Å². The molecule has 0 aliphatic rings. The van der Waals surface area contributed by atoms with Crippen LogP contribution in [0.4, 0.5) is 13.2 Å². The van der Waals surface area contributed by atoms with Crippen molar-refractivity contribution in [2.24, 2.45) is 0 Å². The molecule has 0 saturated carbocycles. The lowest BCUT2D eigenvalue weighted by atomic mass is 9.78. The number of carbonyl (C=O) groups excluding carboxylic acids is 2. The molecule has 6 heteroatoms. The van der Waals surface area contributed by atoms with Gasteiger partial charge in [0.1, 0.15) is 0 Å². The van der Waals surface area contributed by atoms with E-state index in [0.29, 0.717) is 0 Å². The third-order valence-corrected chi connectivity index (χ3v) is 3.36. The van der Waals surface area contributed by atoms with Gasteiger partial charge < -0.3 is 0 Å². The summed E-state index contributed by atoms with van der Waals surface area (Å²) in [4.78, 5) is 22.4. The number of carbonyl (C=O) groups is 2. The highest BCUT2D eigenvalue weighted by Gasteiger charge is 2.63. The fraction of sp³-hybridized carbons (Fsp3) is 0.400. The Bertz CT molecular complexity index is 392. The lowest BCUT2D eigenvalue weighted by molar-refractivity contribution is -0.193. The van der Waals surface area contributed by atoms with E-state index >= 15 is 0 Å². The van der Waals surface area contributed by atoms with Crippen LogP contribution < -0.4 is 0 Å². The molecule has 88 valence electrons. The Morgan fingerprint density at radius 3 is 1.94 bits per heavy atom. The maximum absolute atomic E-state index is 13.0. The zero-order valence-corrected chi connectivity index (χ0v) is 9.41. The average Bonchev–Trinajstić information content (AvgIpc) is 2.53. The fourth-order valence-corrected chi connectivity index (χ4v) is 2.67. The van der Waals surface area contributed by atoms with E-state index in [1.54, 1.807) is 0 Å². The molecule has 0 N–H and O–H groups in total. The minimum Gasteiger partial charge on any atom is -0.298 e. The second-order valence-corrected chi connectivity index (χ2v) is 4.29. The molecule has 0 aliphatic carbocycles. The first-order valence-electron chi connectivity index (χ1n) is 4.37. The van der Waals surface area contributed by atoms with Gasteiger partial charge in [-0.25, -0.2) is 0 Å². The van der Waals surface area contributed by atoms with E-state index in [-0.39, 0.29) is 4.88 Å². The van der Waals surface area contributed by atoms with Gasteiger partial charge in [0, 0.05) is 4.88 Å². The molecule has 1 aromatic heterocycles. The standard InChI is InChI=1S/C10H9F3O2S/c1-6(14)9(7(2)15,10(11,12)13)8-4-3-5-16-8/h3-5H,1-2H3. The molecular weight excluding hydrogens is 241 g/mol. The van der Waals surface area contributed by atoms with Crippen LogP contribution >= 0.6 is 11.3 Å². The molecule has 0 atom stereocenters. The first kappa shape index (κ1) is 12.9. The van der Waals surface area contributed by atoms with E-state index < -0.39 is 23.2 Å². The van der Waals surface area contributed by atoms with E-state index in [4.69, 9.17) is 0 Å². The molecule has 1 rings (SSSR count). The van der Waals surface area contributed by atoms with Gasteiger partial charge in [0.2, 0.25) is 5.41 Å². The topological polar surface area (TPSA) is 34.1 Å². The van der Waals surface area contributed by atoms with Gasteiger partial charge in [0.15, 0.2) is 11.6 Å². The van der Waals surface area contributed by atoms with Gasteiger partial charge in [-0.3, -0.25) is 9.59 Å². The SMILES string of the molecule is CC(=O)C(C(C)=O)(c1cccs1)C(F)(F)F. The van der Waals surface area contributed by atoms with Crippen LogP contribution in [0.3, 0.4) is 0 Å². The van der Waals surface area contributed by atoms with Crippen molar-refractivity contribution in [2.45, 2.75) is 25.4 Å². The van der Waals surface area contributed by atoms with E-state index in [9.17, 15) is 22.8 Å². The third kappa shape index (κ3) is 1.67. The Labute approximate surface area is 94.1 Å². The Morgan fingerprint density at radius 1 is 1.19 bits per heavy atom. The smallest absolute Gasteiger partial charge is 0.298 e. The average molecular weight is 250 g/mol. The molecule has 0 aliphatic heterocycles. The summed E-state index contributed by atoms with van der Waals surface area (Å²) in [5, 5.41) is 1.40. The molecular formula is C10H9F3O2S. The van der Waals surface area contributed by atoms with Crippen LogP contribution in [0.2, 0.25) is 0 Å². The highest BCUT2D eigenvalue weighted by molar-refractivity contribution is 7.10. The summed E-state index contributed by atoms with van der Waals surface area (Å²) in [6.45, 7) is 1.57. The van der Waals surface area contributed by atoms with Gasteiger partial charge in [-0.1, -0.05) is 6.07 Å². The number of hydrogen-bond donors (Lipinski definition) is 0. The Morgan fingerprint density at radius 2 is 1.69 bits per heavy atom. The molecule has 1 aromatic rings. The van der Waals surface area contributed by atoms with Crippen molar-refractivity contribution in [3.8, 4) is 0 Å². The second kappa shape index (κ2) is 4.01. The number of ketones is 2. The van der Waals surface area contributed by atoms with E-state index in [2.05, 4.69) is 0 Å². The monoisotopic (exact) mass is 250 g/mol. The predicted molar refractivity (Wildman–Crippen MR) is 53.4 cm³/mol. The zero-order chi connectivity index (χ0) is 12.6. The van der Waals surface area contributed by atoms with Crippen LogP contribution in [0.15, 0.2) is 17.5 Å². The van der Waals surface area contributed by atoms with E-state index in [1.807, 2.05) is 0 Å². The normalized spacial score (nSPS) is 12.6. The van der Waals surface area contributed by atoms with Gasteiger partial charge in [0.05, 0.1) is 0 Å². The maximum Gasteiger partial charge on any atom is 0.413 e. The van der Waals surface area contributed by atoms with Gasteiger partial charge in [0.25, 0.3) is 0 Å². The van der Waals surface area contributed by atoms with Crippen LogP contribution in [-0.4, -0.2) is 17.7 Å². The van der Waals surface area contributed by atoms with Crippen LogP contribution in [0.1, 0.15) is 18.7 Å². The minimum absolute atomic E-state index is 0.278. The Kier molecular flexibility index (Phi) is 3.23. The molecule has 16 heavy (non-hydrogen) atoms. The highest BCUT2D eigenvalue weighted by atomic mass is 32.1. The van der Waals surface area contributed by atoms with Crippen LogP contribution in [0, 0.1) is 0 Å². The van der Waals surface area contributed by atoms with E-state index in [0.717, 1.165) is 31.3 Å². The molecule has 1 heterocycles. The molecule has 0 saturated heterocycles. The van der Waals surface area contributed by atoms with Crippen molar-refractivity contribution in [1.29, 1.82) is 0 Å². The zero-order valence-electron chi connectivity index (χ0n) is 8.59. The highest BCUT2D eigenvalue weighted by Crippen LogP contribution is 2.44. The summed E-state index contributed by atoms with van der Waals surface area (Å²) in [6, 6.07) is 2.54. The molecule has 0 radical (unpaired) electrons. The minimum atomic E-state index is -4.91. The third-order valence-electron chi connectivity index (χ3n) is 2.37. The van der Waals surface area contributed by atoms with Gasteiger partial charge in [-0.2, -0.15) is 13.2 Å². The fourth-order valence-electron chi connectivity index (χ4n) is 1.63. The number of alkyl halides is 3. The molecule has 0 unspecified atom stereocenters. The first-order valence-corrected chi connectivity index (χ1v) is 5.25. The maximum atomic E-state index is 13.0. The summed E-state index contributed by atoms with van der Waals surface area (Å²) in [5.74, 6) is -2.40. The largest absolute Gasteiger partial charge is 0.413 e. The summed E-state index contributed by atoms with van der Waals surface area (Å²) in [7, 11) is 0. The number of rotatable bonds is 3. The van der Waals surface area contributed by atoms with Crippen LogP contribution in [-0.2, 0) is 15.0 Å². The number of hydrogen-bond acceptors (Lipinski definition) is 3. The molecule has 0 spiro atoms. The lowest BCUT2D eigenvalue weighted by Gasteiger charge is -2.29. The van der Waals surface area contributed by atoms with Crippen molar-refractivity contribution < 1.29 is 22.8 Å². The Hall–Kier alpha value is -1.17. The predicted octanol–water partition coefficient (Wildman–Crippen LogP) is 2.73. The van der Waals surface area contributed by atoms with Crippen LogP contribution in [0.25, 0.3) is 0 Å². The quantitative estimate of drug-likeness (QED) is 0.773. The van der Waals surface area contributed by atoms with Crippen LogP contribution in [0.5, 0.6) is 0 Å². The number of Topliss-reactive ketones (excluding diaryl/α,β-unsaturated/α-hetero) is 2. The summed E-state index contributed by atoms with van der Waals surface area (Å²) in [5.41, 5.74) is -3.00. The van der Waals surface area contributed by atoms with Crippen molar-refractivity contribution in [3.05, 3.63) is 22.4 Å². The first-order chi connectivity index (χ1) is 7.24. The summed E-state index contributed by atoms with van der Waals surface area (Å²) < 4.78 is 39.0. The summed E-state index contributed by atoms with van der Waals surface area (Å²) >= 11 is 0.752. The number of thiophene rings is 1. The van der Waals surface area contributed by atoms with Crippen molar-refractivity contribution in [1.82, 2.24) is 0 Å². The molecule has 0 amide bonds. The van der Waals surface area contributed by atoms with Gasteiger partial charge in [-0.05, 0) is 25.3 Å². The molecule has 0 fully saturated rings. The lowest BCUT2D eigenvalue weighted by Crippen LogP contribution is -2.53. The van der Waals surface area contributed by atoms with Gasteiger partial charge >= 0.3 is 6.18 Å². The van der Waals surface area contributed by atoms with Crippen molar-refractivity contribution in [2.75, 3.05) is 0 Å². The number of halogens is 3. The molecule has 0 bridgehead atoms. The molecule has 2 nitrogen and oxygen atoms in total. The van der Waals surface area contributed by atoms with Crippen molar-refractivity contribution >= 4 is 22.9 Å². The molecule has 0 aromatic carbocycles.